The molecule has 8 heteroatoms. The number of methoxy groups -OCH3 is 2. The topological polar surface area (TPSA) is 68.9 Å². The second-order valence-corrected chi connectivity index (χ2v) is 6.61. The molecule has 0 aliphatic heterocycles. The molecule has 0 saturated heterocycles. The van der Waals surface area contributed by atoms with Gasteiger partial charge in [-0.3, -0.25) is 0 Å². The molecule has 0 radical (unpaired) electrons. The minimum atomic E-state index is -0.338. The van der Waals surface area contributed by atoms with E-state index in [1.165, 1.54) is 13.2 Å². The Hall–Kier alpha value is -1.74. The maximum absolute atomic E-state index is 13.8. The van der Waals surface area contributed by atoms with E-state index in [4.69, 9.17) is 26.8 Å². The second-order valence-electron chi connectivity index (χ2n) is 6.20. The molecule has 0 bridgehead atoms. The van der Waals surface area contributed by atoms with E-state index in [0.29, 0.717) is 16.7 Å². The summed E-state index contributed by atoms with van der Waals surface area (Å²) in [5.74, 6) is 1.13. The third-order valence-corrected chi connectivity index (χ3v) is 4.80. The third kappa shape index (κ3) is 5.16. The molecule has 0 heterocycles. The zero-order valence-corrected chi connectivity index (χ0v) is 18.1. The number of rotatable bonds is 5. The van der Waals surface area contributed by atoms with Crippen molar-refractivity contribution in [3.63, 3.8) is 0 Å². The molecule has 2 aromatic rings. The molecule has 1 aliphatic rings. The summed E-state index contributed by atoms with van der Waals surface area (Å²) >= 11 is 6.09. The molecule has 146 valence electrons. The number of nitrogens with one attached hydrogen (secondary N) is 1. The number of halogens is 3. The fourth-order valence-corrected chi connectivity index (χ4v) is 3.28. The molecular formula is C19H22ClFIN3O2. The van der Waals surface area contributed by atoms with Crippen LogP contribution in [-0.4, -0.2) is 26.2 Å². The predicted molar refractivity (Wildman–Crippen MR) is 117 cm³/mol. The Labute approximate surface area is 180 Å². The number of nitrogens with zero attached hydrogens (tertiary/aromatic N) is 1. The number of anilines is 1. The quantitative estimate of drug-likeness (QED) is 0.348. The van der Waals surface area contributed by atoms with Crippen molar-refractivity contribution in [2.45, 2.75) is 24.8 Å². The SMILES string of the molecule is COc1ccc(C2CC(N=C(N)Nc3ccc(OC)c(Cl)c3)C2)cc1F.I. The van der Waals surface area contributed by atoms with Crippen molar-refractivity contribution in [2.75, 3.05) is 19.5 Å². The molecule has 0 aromatic heterocycles. The van der Waals surface area contributed by atoms with Gasteiger partial charge in [0.2, 0.25) is 0 Å². The van der Waals surface area contributed by atoms with E-state index >= 15 is 0 Å². The fourth-order valence-electron chi connectivity index (χ4n) is 3.02. The van der Waals surface area contributed by atoms with Gasteiger partial charge in [-0.05, 0) is 54.7 Å². The van der Waals surface area contributed by atoms with Gasteiger partial charge in [-0.1, -0.05) is 17.7 Å². The smallest absolute Gasteiger partial charge is 0.193 e. The monoisotopic (exact) mass is 505 g/mol. The first kappa shape index (κ1) is 21.6. The summed E-state index contributed by atoms with van der Waals surface area (Å²) in [5.41, 5.74) is 7.67. The molecule has 1 saturated carbocycles. The van der Waals surface area contributed by atoms with Crippen molar-refractivity contribution in [3.05, 3.63) is 52.8 Å². The lowest BCUT2D eigenvalue weighted by Crippen LogP contribution is -2.31. The summed E-state index contributed by atoms with van der Waals surface area (Å²) < 4.78 is 23.9. The molecule has 3 N–H and O–H groups in total. The molecular weight excluding hydrogens is 484 g/mol. The molecule has 27 heavy (non-hydrogen) atoms. The minimum Gasteiger partial charge on any atom is -0.495 e. The van der Waals surface area contributed by atoms with Crippen LogP contribution >= 0.6 is 35.6 Å². The Kier molecular flexibility index (Phi) is 7.55. The van der Waals surface area contributed by atoms with E-state index in [1.807, 2.05) is 12.1 Å². The highest BCUT2D eigenvalue weighted by Crippen LogP contribution is 2.39. The van der Waals surface area contributed by atoms with Crippen molar-refractivity contribution in [3.8, 4) is 11.5 Å². The van der Waals surface area contributed by atoms with Crippen molar-refractivity contribution in [1.29, 1.82) is 0 Å². The van der Waals surface area contributed by atoms with Gasteiger partial charge in [0.15, 0.2) is 17.5 Å². The predicted octanol–water partition coefficient (Wildman–Crippen LogP) is 4.79. The molecule has 3 rings (SSSR count). The minimum absolute atomic E-state index is 0. The van der Waals surface area contributed by atoms with Gasteiger partial charge in [0.05, 0.1) is 25.3 Å². The van der Waals surface area contributed by atoms with Gasteiger partial charge in [0.25, 0.3) is 0 Å². The molecule has 0 unspecified atom stereocenters. The lowest BCUT2D eigenvalue weighted by atomic mass is 9.76. The molecule has 0 amide bonds. The van der Waals surface area contributed by atoms with Crippen LogP contribution in [-0.2, 0) is 0 Å². The van der Waals surface area contributed by atoms with Crippen LogP contribution in [0.2, 0.25) is 5.02 Å². The van der Waals surface area contributed by atoms with Gasteiger partial charge in [-0.15, -0.1) is 24.0 Å². The average Bonchev–Trinajstić information content (AvgIpc) is 2.58. The first-order chi connectivity index (χ1) is 12.5. The summed E-state index contributed by atoms with van der Waals surface area (Å²) in [5, 5.41) is 3.52. The highest BCUT2D eigenvalue weighted by atomic mass is 127. The molecule has 1 aliphatic carbocycles. The van der Waals surface area contributed by atoms with Gasteiger partial charge in [0, 0.05) is 5.69 Å². The van der Waals surface area contributed by atoms with E-state index in [-0.39, 0.29) is 47.5 Å². The third-order valence-electron chi connectivity index (χ3n) is 4.51. The first-order valence-electron chi connectivity index (χ1n) is 8.27. The van der Waals surface area contributed by atoms with Gasteiger partial charge in [0.1, 0.15) is 5.75 Å². The summed E-state index contributed by atoms with van der Waals surface area (Å²) in [6.45, 7) is 0. The second kappa shape index (κ2) is 9.45. The van der Waals surface area contributed by atoms with Crippen LogP contribution in [0.15, 0.2) is 41.4 Å². The standard InChI is InChI=1S/C19H21ClFN3O2.HI/c1-25-17-6-4-13(10-15(17)20)23-19(22)24-14-7-12(8-14)11-3-5-18(26-2)16(21)9-11;/h3-6,9-10,12,14H,7-8H2,1-2H3,(H3,22,23,24);1H. The number of hydrogen-bond donors (Lipinski definition) is 2. The molecule has 0 atom stereocenters. The lowest BCUT2D eigenvalue weighted by Gasteiger charge is -2.33. The Morgan fingerprint density at radius 2 is 1.81 bits per heavy atom. The average molecular weight is 506 g/mol. The van der Waals surface area contributed by atoms with Crippen LogP contribution in [0.1, 0.15) is 24.3 Å². The van der Waals surface area contributed by atoms with Crippen molar-refractivity contribution < 1.29 is 13.9 Å². The number of benzene rings is 2. The van der Waals surface area contributed by atoms with Crippen molar-refractivity contribution in [2.24, 2.45) is 10.7 Å². The number of aliphatic imine (C=N–C) groups is 1. The van der Waals surface area contributed by atoms with Crippen LogP contribution in [0.4, 0.5) is 10.1 Å². The maximum atomic E-state index is 13.8. The summed E-state index contributed by atoms with van der Waals surface area (Å²) in [4.78, 5) is 4.47. The largest absolute Gasteiger partial charge is 0.495 e. The Morgan fingerprint density at radius 3 is 2.41 bits per heavy atom. The summed E-state index contributed by atoms with van der Waals surface area (Å²) in [6, 6.07) is 10.5. The zero-order valence-electron chi connectivity index (χ0n) is 15.0. The van der Waals surface area contributed by atoms with E-state index in [1.54, 1.807) is 25.3 Å². The number of hydrogen-bond acceptors (Lipinski definition) is 3. The number of nitrogens with two attached hydrogens (primary N) is 1. The Morgan fingerprint density at radius 1 is 1.15 bits per heavy atom. The van der Waals surface area contributed by atoms with Crippen LogP contribution in [0.25, 0.3) is 0 Å². The zero-order chi connectivity index (χ0) is 18.7. The van der Waals surface area contributed by atoms with Gasteiger partial charge in [-0.25, -0.2) is 9.38 Å². The van der Waals surface area contributed by atoms with Crippen molar-refractivity contribution >= 4 is 47.2 Å². The Bertz CT molecular complexity index is 829. The summed E-state index contributed by atoms with van der Waals surface area (Å²) in [7, 11) is 3.02. The highest BCUT2D eigenvalue weighted by Gasteiger charge is 2.30. The number of ether oxygens (including phenoxy) is 2. The van der Waals surface area contributed by atoms with Gasteiger partial charge in [-0.2, -0.15) is 0 Å². The van der Waals surface area contributed by atoms with Crippen LogP contribution in [0.5, 0.6) is 11.5 Å². The van der Waals surface area contributed by atoms with Gasteiger partial charge < -0.3 is 20.5 Å². The number of guanidine groups is 1. The summed E-state index contributed by atoms with van der Waals surface area (Å²) in [6.07, 6.45) is 1.66. The van der Waals surface area contributed by atoms with Gasteiger partial charge >= 0.3 is 0 Å². The van der Waals surface area contributed by atoms with E-state index < -0.39 is 0 Å². The van der Waals surface area contributed by atoms with Crippen LogP contribution in [0.3, 0.4) is 0 Å². The fraction of sp³-hybridized carbons (Fsp3) is 0.316. The highest BCUT2D eigenvalue weighted by molar-refractivity contribution is 14.0. The molecule has 1 fully saturated rings. The Balaban J connectivity index is 0.00000261. The van der Waals surface area contributed by atoms with Crippen LogP contribution < -0.4 is 20.5 Å². The molecule has 0 spiro atoms. The lowest BCUT2D eigenvalue weighted by molar-refractivity contribution is 0.349. The van der Waals surface area contributed by atoms with E-state index in [2.05, 4.69) is 10.3 Å². The van der Waals surface area contributed by atoms with Crippen LogP contribution in [0, 0.1) is 5.82 Å². The van der Waals surface area contributed by atoms with E-state index in [0.717, 1.165) is 24.1 Å². The first-order valence-corrected chi connectivity index (χ1v) is 8.65. The van der Waals surface area contributed by atoms with E-state index in [9.17, 15) is 4.39 Å². The molecule has 2 aromatic carbocycles. The normalized spacial score (nSPS) is 18.9. The maximum Gasteiger partial charge on any atom is 0.193 e. The van der Waals surface area contributed by atoms with Crippen molar-refractivity contribution in [1.82, 2.24) is 0 Å². The molecule has 5 nitrogen and oxygen atoms in total.